The van der Waals surface area contributed by atoms with Crippen molar-refractivity contribution in [3.63, 3.8) is 0 Å². The van der Waals surface area contributed by atoms with Gasteiger partial charge < -0.3 is 5.11 Å². The van der Waals surface area contributed by atoms with Crippen LogP contribution in [0.25, 0.3) is 0 Å². The average Bonchev–Trinajstić information content (AvgIpc) is 2.10. The zero-order valence-electron chi connectivity index (χ0n) is 9.14. The molecule has 0 aromatic heterocycles. The van der Waals surface area contributed by atoms with Gasteiger partial charge in [0.1, 0.15) is 5.75 Å². The van der Waals surface area contributed by atoms with E-state index >= 15 is 0 Å². The zero-order chi connectivity index (χ0) is 12.2. The molecule has 0 saturated heterocycles. The maximum Gasteiger partial charge on any atom is 0.393 e. The predicted molar refractivity (Wildman–Crippen MR) is 56.5 cm³/mol. The lowest BCUT2D eigenvalue weighted by atomic mass is 10.0. The number of aromatic hydroxyl groups is 1. The molecule has 0 spiro atoms. The van der Waals surface area contributed by atoms with Crippen LogP contribution in [0.2, 0.25) is 0 Å². The molecule has 0 bridgehead atoms. The van der Waals surface area contributed by atoms with E-state index in [2.05, 4.69) is 0 Å². The summed E-state index contributed by atoms with van der Waals surface area (Å²) >= 11 is 0. The Balaban J connectivity index is 2.81. The van der Waals surface area contributed by atoms with E-state index < -0.39 is 12.6 Å². The van der Waals surface area contributed by atoms with Crippen LogP contribution in [0.1, 0.15) is 30.9 Å². The number of hydrogen-bond donors (Lipinski definition) is 1. The normalized spacial score (nSPS) is 11.8. The molecule has 0 heterocycles. The van der Waals surface area contributed by atoms with Crippen LogP contribution in [-0.4, -0.2) is 11.3 Å². The van der Waals surface area contributed by atoms with Crippen LogP contribution in [0.5, 0.6) is 5.75 Å². The first-order valence-electron chi connectivity index (χ1n) is 5.29. The molecule has 0 atom stereocenters. The van der Waals surface area contributed by atoms with Crippen molar-refractivity contribution < 1.29 is 18.3 Å². The van der Waals surface area contributed by atoms with Crippen molar-refractivity contribution in [2.24, 2.45) is 0 Å². The summed E-state index contributed by atoms with van der Waals surface area (Å²) in [6.07, 6.45) is -2.62. The topological polar surface area (TPSA) is 20.2 Å². The maximum absolute atomic E-state index is 12.2. The Kier molecular flexibility index (Phi) is 4.21. The lowest BCUT2D eigenvalue weighted by Gasteiger charge is -2.09. The third-order valence-electron chi connectivity index (χ3n) is 2.26. The smallest absolute Gasteiger partial charge is 0.393 e. The van der Waals surface area contributed by atoms with Gasteiger partial charge in [-0.3, -0.25) is 0 Å². The van der Waals surface area contributed by atoms with Crippen LogP contribution in [0.3, 0.4) is 0 Å². The minimum Gasteiger partial charge on any atom is -0.508 e. The minimum atomic E-state index is -4.23. The lowest BCUT2D eigenvalue weighted by molar-refractivity contribution is -0.127. The Hall–Kier alpha value is -1.19. The molecule has 16 heavy (non-hydrogen) atoms. The van der Waals surface area contributed by atoms with Gasteiger partial charge in [0.25, 0.3) is 0 Å². The van der Waals surface area contributed by atoms with Crippen LogP contribution in [0.15, 0.2) is 18.2 Å². The van der Waals surface area contributed by atoms with Crippen LogP contribution in [-0.2, 0) is 12.8 Å². The fourth-order valence-corrected chi connectivity index (χ4v) is 1.60. The van der Waals surface area contributed by atoms with E-state index in [0.29, 0.717) is 6.42 Å². The highest BCUT2D eigenvalue weighted by Crippen LogP contribution is 2.25. The van der Waals surface area contributed by atoms with Crippen LogP contribution < -0.4 is 0 Å². The summed E-state index contributed by atoms with van der Waals surface area (Å²) in [5, 5.41) is 9.32. The Morgan fingerprint density at radius 1 is 1.12 bits per heavy atom. The van der Waals surface area contributed by atoms with Crippen molar-refractivity contribution in [3.8, 4) is 5.75 Å². The van der Waals surface area contributed by atoms with Crippen molar-refractivity contribution >= 4 is 0 Å². The molecule has 1 rings (SSSR count). The monoisotopic (exact) mass is 232 g/mol. The SMILES string of the molecule is CCCCc1cc(O)cc(CC(F)(F)F)c1. The summed E-state index contributed by atoms with van der Waals surface area (Å²) in [6, 6.07) is 4.21. The highest BCUT2D eigenvalue weighted by atomic mass is 19.4. The van der Waals surface area contributed by atoms with Gasteiger partial charge in [0.2, 0.25) is 0 Å². The van der Waals surface area contributed by atoms with Crippen molar-refractivity contribution in [2.75, 3.05) is 0 Å². The lowest BCUT2D eigenvalue weighted by Crippen LogP contribution is -2.11. The summed E-state index contributed by atoms with van der Waals surface area (Å²) in [5.41, 5.74) is 0.889. The van der Waals surface area contributed by atoms with E-state index in [1.54, 1.807) is 0 Å². The van der Waals surface area contributed by atoms with E-state index in [0.717, 1.165) is 18.4 Å². The molecular formula is C12H15F3O. The molecule has 0 amide bonds. The van der Waals surface area contributed by atoms with Gasteiger partial charge in [0.05, 0.1) is 6.42 Å². The Bertz CT molecular complexity index is 345. The van der Waals surface area contributed by atoms with Crippen molar-refractivity contribution in [2.45, 2.75) is 38.8 Å². The summed E-state index contributed by atoms with van der Waals surface area (Å²) in [7, 11) is 0. The first-order valence-corrected chi connectivity index (χ1v) is 5.29. The van der Waals surface area contributed by atoms with Crippen molar-refractivity contribution in [1.29, 1.82) is 0 Å². The van der Waals surface area contributed by atoms with Gasteiger partial charge in [0, 0.05) is 0 Å². The second kappa shape index (κ2) is 5.23. The average molecular weight is 232 g/mol. The van der Waals surface area contributed by atoms with E-state index in [1.807, 2.05) is 6.92 Å². The summed E-state index contributed by atoms with van der Waals surface area (Å²) in [4.78, 5) is 0. The summed E-state index contributed by atoms with van der Waals surface area (Å²) in [5.74, 6) is -0.0900. The minimum absolute atomic E-state index is 0.0900. The molecule has 90 valence electrons. The van der Waals surface area contributed by atoms with E-state index in [1.165, 1.54) is 18.2 Å². The van der Waals surface area contributed by atoms with Crippen LogP contribution >= 0.6 is 0 Å². The molecule has 4 heteroatoms. The molecule has 0 unspecified atom stereocenters. The van der Waals surface area contributed by atoms with Crippen LogP contribution in [0, 0.1) is 0 Å². The number of phenolic OH excluding ortho intramolecular Hbond substituents is 1. The highest BCUT2D eigenvalue weighted by Gasteiger charge is 2.27. The molecule has 1 N–H and O–H groups in total. The maximum atomic E-state index is 12.2. The fourth-order valence-electron chi connectivity index (χ4n) is 1.60. The van der Waals surface area contributed by atoms with E-state index in [9.17, 15) is 18.3 Å². The second-order valence-corrected chi connectivity index (χ2v) is 3.90. The summed E-state index contributed by atoms with van der Waals surface area (Å²) in [6.45, 7) is 2.01. The quantitative estimate of drug-likeness (QED) is 0.836. The molecule has 1 aromatic carbocycles. The number of phenols is 1. The van der Waals surface area contributed by atoms with Crippen molar-refractivity contribution in [3.05, 3.63) is 29.3 Å². The Morgan fingerprint density at radius 3 is 2.31 bits per heavy atom. The third-order valence-corrected chi connectivity index (χ3v) is 2.26. The first-order chi connectivity index (χ1) is 7.40. The number of aryl methyl sites for hydroxylation is 1. The molecule has 1 nitrogen and oxygen atoms in total. The Labute approximate surface area is 92.9 Å². The van der Waals surface area contributed by atoms with Crippen molar-refractivity contribution in [1.82, 2.24) is 0 Å². The van der Waals surface area contributed by atoms with Gasteiger partial charge in [-0.05, 0) is 36.1 Å². The van der Waals surface area contributed by atoms with Gasteiger partial charge in [-0.25, -0.2) is 0 Å². The molecule has 0 aliphatic rings. The van der Waals surface area contributed by atoms with Gasteiger partial charge in [0.15, 0.2) is 0 Å². The fraction of sp³-hybridized carbons (Fsp3) is 0.500. The number of benzene rings is 1. The molecule has 0 fully saturated rings. The van der Waals surface area contributed by atoms with E-state index in [-0.39, 0.29) is 11.3 Å². The number of hydrogen-bond acceptors (Lipinski definition) is 1. The van der Waals surface area contributed by atoms with E-state index in [4.69, 9.17) is 0 Å². The molecule has 0 radical (unpaired) electrons. The number of unbranched alkanes of at least 4 members (excludes halogenated alkanes) is 1. The van der Waals surface area contributed by atoms with Gasteiger partial charge in [-0.1, -0.05) is 19.4 Å². The van der Waals surface area contributed by atoms with Crippen LogP contribution in [0.4, 0.5) is 13.2 Å². The first kappa shape index (κ1) is 12.9. The Morgan fingerprint density at radius 2 is 1.75 bits per heavy atom. The van der Waals surface area contributed by atoms with Gasteiger partial charge in [-0.2, -0.15) is 13.2 Å². The number of alkyl halides is 3. The third kappa shape index (κ3) is 4.55. The number of halogens is 3. The standard InChI is InChI=1S/C12H15F3O/c1-2-3-4-9-5-10(7-11(16)6-9)8-12(13,14)15/h5-7,16H,2-4,8H2,1H3. The van der Waals surface area contributed by atoms with Gasteiger partial charge in [-0.15, -0.1) is 0 Å². The molecule has 0 aliphatic heterocycles. The molecule has 0 saturated carbocycles. The zero-order valence-corrected chi connectivity index (χ0v) is 9.14. The molecule has 1 aromatic rings. The second-order valence-electron chi connectivity index (χ2n) is 3.90. The predicted octanol–water partition coefficient (Wildman–Crippen LogP) is 3.84. The van der Waals surface area contributed by atoms with Gasteiger partial charge >= 0.3 is 6.18 Å². The molecule has 0 aliphatic carbocycles. The summed E-state index contributed by atoms with van der Waals surface area (Å²) < 4.78 is 36.5. The molecular weight excluding hydrogens is 217 g/mol. The highest BCUT2D eigenvalue weighted by molar-refractivity contribution is 5.34. The largest absolute Gasteiger partial charge is 0.508 e. The number of rotatable bonds is 4.